The zero-order valence-electron chi connectivity index (χ0n) is 20.8. The lowest BCUT2D eigenvalue weighted by atomic mass is 9.99. The first kappa shape index (κ1) is 26.7. The van der Waals surface area contributed by atoms with Crippen LogP contribution in [0, 0.1) is 5.82 Å². The van der Waals surface area contributed by atoms with Gasteiger partial charge in [0, 0.05) is 12.2 Å². The monoisotopic (exact) mass is 498 g/mol. The first-order chi connectivity index (χ1) is 17.0. The summed E-state index contributed by atoms with van der Waals surface area (Å²) in [6.07, 6.45) is 5.45. The number of carbonyl (C=O) groups excluding carboxylic acids is 1. The van der Waals surface area contributed by atoms with Crippen molar-refractivity contribution in [1.82, 2.24) is 14.8 Å². The average Bonchev–Trinajstić information content (AvgIpc) is 3.26. The first-order valence-corrected chi connectivity index (χ1v) is 13.3. The molecule has 0 radical (unpaired) electrons. The van der Waals surface area contributed by atoms with E-state index in [2.05, 4.69) is 48.4 Å². The number of carbonyl (C=O) groups is 1. The Morgan fingerprint density at radius 3 is 2.57 bits per heavy atom. The van der Waals surface area contributed by atoms with Crippen LogP contribution in [0.4, 0.5) is 10.1 Å². The smallest absolute Gasteiger partial charge is 0.234 e. The largest absolute Gasteiger partial charge is 0.483 e. The second-order valence-corrected chi connectivity index (χ2v) is 9.54. The van der Waals surface area contributed by atoms with Crippen LogP contribution in [0.2, 0.25) is 0 Å². The van der Waals surface area contributed by atoms with Crippen LogP contribution in [0.3, 0.4) is 0 Å². The van der Waals surface area contributed by atoms with Crippen LogP contribution in [0.1, 0.15) is 70.2 Å². The van der Waals surface area contributed by atoms with Gasteiger partial charge in [0.2, 0.25) is 5.91 Å². The Bertz CT molecular complexity index is 1070. The first-order valence-electron chi connectivity index (χ1n) is 12.3. The Morgan fingerprint density at radius 2 is 1.86 bits per heavy atom. The summed E-state index contributed by atoms with van der Waals surface area (Å²) >= 11 is 1.34. The van der Waals surface area contributed by atoms with E-state index in [4.69, 9.17) is 4.74 Å². The van der Waals surface area contributed by atoms with E-state index in [1.165, 1.54) is 23.4 Å². The number of nitrogens with one attached hydrogen (secondary N) is 1. The van der Waals surface area contributed by atoms with Crippen LogP contribution in [-0.2, 0) is 17.9 Å². The number of thioether (sulfide) groups is 1. The summed E-state index contributed by atoms with van der Waals surface area (Å²) in [5, 5.41) is 12.2. The summed E-state index contributed by atoms with van der Waals surface area (Å²) in [6.45, 7) is 7.36. The molecule has 0 aliphatic heterocycles. The summed E-state index contributed by atoms with van der Waals surface area (Å²) in [5.74, 6) is 1.000. The van der Waals surface area contributed by atoms with Gasteiger partial charge in [0.25, 0.3) is 0 Å². The van der Waals surface area contributed by atoms with E-state index in [1.807, 2.05) is 16.7 Å². The lowest BCUT2D eigenvalue weighted by Crippen LogP contribution is -2.15. The highest BCUT2D eigenvalue weighted by atomic mass is 32.2. The van der Waals surface area contributed by atoms with Crippen LogP contribution in [-0.4, -0.2) is 26.4 Å². The normalized spacial score (nSPS) is 11.9. The number of benzene rings is 2. The molecule has 6 nitrogen and oxygen atoms in total. The number of hydrogen-bond acceptors (Lipinski definition) is 5. The highest BCUT2D eigenvalue weighted by molar-refractivity contribution is 7.99. The van der Waals surface area contributed by atoms with Crippen molar-refractivity contribution in [3.8, 4) is 5.75 Å². The van der Waals surface area contributed by atoms with Crippen molar-refractivity contribution in [1.29, 1.82) is 0 Å². The number of para-hydroxylation sites is 1. The van der Waals surface area contributed by atoms with Crippen molar-refractivity contribution in [3.63, 3.8) is 0 Å². The molecular weight excluding hydrogens is 463 g/mol. The van der Waals surface area contributed by atoms with E-state index in [9.17, 15) is 9.18 Å². The third-order valence-electron chi connectivity index (χ3n) is 5.93. The molecule has 8 heteroatoms. The molecule has 0 fully saturated rings. The molecule has 35 heavy (non-hydrogen) atoms. The molecule has 1 aromatic heterocycles. The van der Waals surface area contributed by atoms with E-state index < -0.39 is 5.82 Å². The Labute approximate surface area is 211 Å². The van der Waals surface area contributed by atoms with Crippen LogP contribution >= 0.6 is 11.8 Å². The van der Waals surface area contributed by atoms with Gasteiger partial charge in [-0.15, -0.1) is 10.2 Å². The summed E-state index contributed by atoms with van der Waals surface area (Å²) in [6, 6.07) is 14.3. The van der Waals surface area contributed by atoms with Crippen molar-refractivity contribution in [2.24, 2.45) is 0 Å². The van der Waals surface area contributed by atoms with Crippen molar-refractivity contribution < 1.29 is 13.9 Å². The van der Waals surface area contributed by atoms with Gasteiger partial charge >= 0.3 is 0 Å². The maximum absolute atomic E-state index is 13.9. The second kappa shape index (κ2) is 13.9. The predicted octanol–water partition coefficient (Wildman–Crippen LogP) is 6.82. The summed E-state index contributed by atoms with van der Waals surface area (Å²) in [4.78, 5) is 12.6. The van der Waals surface area contributed by atoms with Crippen LogP contribution in [0.15, 0.2) is 53.7 Å². The standard InChI is InChI=1S/C27H35FN4O2S/c1-4-6-7-10-17-32-25(18-34-24-12-9-8-11-23(24)28)30-31-27(32)35-19-26(33)29-22-15-13-21(14-16-22)20(3)5-2/h8-9,11-16,20H,4-7,10,17-19H2,1-3H3,(H,29,33). The Kier molecular flexibility index (Phi) is 10.6. The van der Waals surface area contributed by atoms with Crippen molar-refractivity contribution in [2.75, 3.05) is 11.1 Å². The molecule has 0 spiro atoms. The minimum absolute atomic E-state index is 0.101. The summed E-state index contributed by atoms with van der Waals surface area (Å²) < 4.78 is 21.6. The number of unbranched alkanes of at least 4 members (excludes halogenated alkanes) is 3. The zero-order valence-corrected chi connectivity index (χ0v) is 21.6. The number of aromatic nitrogens is 3. The maximum Gasteiger partial charge on any atom is 0.234 e. The predicted molar refractivity (Wildman–Crippen MR) is 139 cm³/mol. The molecule has 0 saturated carbocycles. The van der Waals surface area contributed by atoms with Crippen molar-refractivity contribution in [2.45, 2.75) is 77.1 Å². The van der Waals surface area contributed by atoms with E-state index in [-0.39, 0.29) is 24.0 Å². The molecular formula is C27H35FN4O2S. The van der Waals surface area contributed by atoms with Crippen LogP contribution in [0.5, 0.6) is 5.75 Å². The van der Waals surface area contributed by atoms with E-state index in [0.29, 0.717) is 16.9 Å². The highest BCUT2D eigenvalue weighted by Gasteiger charge is 2.16. The summed E-state index contributed by atoms with van der Waals surface area (Å²) in [5.41, 5.74) is 2.05. The molecule has 2 aromatic carbocycles. The highest BCUT2D eigenvalue weighted by Crippen LogP contribution is 2.23. The third-order valence-corrected chi connectivity index (χ3v) is 6.90. The molecule has 1 N–H and O–H groups in total. The van der Waals surface area contributed by atoms with Gasteiger partial charge in [0.15, 0.2) is 22.5 Å². The number of ether oxygens (including phenoxy) is 1. The molecule has 0 aliphatic rings. The lowest BCUT2D eigenvalue weighted by Gasteiger charge is -2.12. The van der Waals surface area contributed by atoms with Gasteiger partial charge in [-0.1, -0.05) is 76.1 Å². The molecule has 1 heterocycles. The SMILES string of the molecule is CCCCCCn1c(COc2ccccc2F)nnc1SCC(=O)Nc1ccc(C(C)CC)cc1. The molecule has 188 valence electrons. The quantitative estimate of drug-likeness (QED) is 0.195. The lowest BCUT2D eigenvalue weighted by molar-refractivity contribution is -0.113. The Hall–Kier alpha value is -2.87. The number of nitrogens with zero attached hydrogens (tertiary/aromatic N) is 3. The molecule has 3 aromatic rings. The number of halogens is 1. The van der Waals surface area contributed by atoms with Crippen molar-refractivity contribution in [3.05, 3.63) is 65.7 Å². The minimum atomic E-state index is -0.412. The van der Waals surface area contributed by atoms with Gasteiger partial charge in [-0.3, -0.25) is 4.79 Å². The molecule has 1 amide bonds. The van der Waals surface area contributed by atoms with Gasteiger partial charge in [0.1, 0.15) is 6.61 Å². The van der Waals surface area contributed by atoms with Crippen LogP contribution < -0.4 is 10.1 Å². The summed E-state index contributed by atoms with van der Waals surface area (Å²) in [7, 11) is 0. The zero-order chi connectivity index (χ0) is 25.0. The fourth-order valence-corrected chi connectivity index (χ4v) is 4.40. The van der Waals surface area contributed by atoms with Gasteiger partial charge in [-0.2, -0.15) is 0 Å². The maximum atomic E-state index is 13.9. The van der Waals surface area contributed by atoms with E-state index in [1.54, 1.807) is 18.2 Å². The fraction of sp³-hybridized carbons (Fsp3) is 0.444. The van der Waals surface area contributed by atoms with Gasteiger partial charge in [-0.25, -0.2) is 4.39 Å². The molecule has 0 bridgehead atoms. The average molecular weight is 499 g/mol. The Morgan fingerprint density at radius 1 is 1.09 bits per heavy atom. The molecule has 1 atom stereocenters. The molecule has 1 unspecified atom stereocenters. The fourth-order valence-electron chi connectivity index (χ4n) is 3.62. The molecule has 0 aliphatic carbocycles. The van der Waals surface area contributed by atoms with Gasteiger partial charge in [-0.05, 0) is 48.6 Å². The van der Waals surface area contributed by atoms with Crippen molar-refractivity contribution >= 4 is 23.4 Å². The topological polar surface area (TPSA) is 69.0 Å². The Balaban J connectivity index is 1.61. The second-order valence-electron chi connectivity index (χ2n) is 8.60. The van der Waals surface area contributed by atoms with Gasteiger partial charge in [0.05, 0.1) is 5.75 Å². The van der Waals surface area contributed by atoms with Gasteiger partial charge < -0.3 is 14.6 Å². The number of hydrogen-bond donors (Lipinski definition) is 1. The molecule has 3 rings (SSSR count). The molecule has 0 saturated heterocycles. The number of amides is 1. The number of anilines is 1. The third kappa shape index (κ3) is 8.09. The van der Waals surface area contributed by atoms with Crippen LogP contribution in [0.25, 0.3) is 0 Å². The minimum Gasteiger partial charge on any atom is -0.483 e. The number of rotatable bonds is 14. The van der Waals surface area contributed by atoms with E-state index >= 15 is 0 Å². The van der Waals surface area contributed by atoms with E-state index in [0.717, 1.165) is 44.3 Å².